The molecule has 0 fully saturated rings. The fourth-order valence-corrected chi connectivity index (χ4v) is 1.71. The zero-order valence-corrected chi connectivity index (χ0v) is 12.5. The van der Waals surface area contributed by atoms with Gasteiger partial charge < -0.3 is 15.4 Å². The average molecular weight is 267 g/mol. The standard InChI is InChI=1S/C13H25N5O/c1-6-8-10(7-2)15-12-16-11(14-5)17-13(18-12)19-9(3)4/h9-10H,6-8H2,1-5H3,(H2,14,15,16,17,18). The molecule has 0 aromatic carbocycles. The maximum Gasteiger partial charge on any atom is 0.323 e. The molecule has 2 N–H and O–H groups in total. The van der Waals surface area contributed by atoms with Gasteiger partial charge in [-0.25, -0.2) is 0 Å². The zero-order valence-electron chi connectivity index (χ0n) is 12.5. The van der Waals surface area contributed by atoms with Crippen LogP contribution in [0.25, 0.3) is 0 Å². The number of anilines is 2. The van der Waals surface area contributed by atoms with Crippen molar-refractivity contribution in [1.29, 1.82) is 0 Å². The van der Waals surface area contributed by atoms with Gasteiger partial charge in [0.1, 0.15) is 0 Å². The van der Waals surface area contributed by atoms with E-state index in [0.29, 0.717) is 23.9 Å². The molecule has 1 atom stereocenters. The van der Waals surface area contributed by atoms with E-state index < -0.39 is 0 Å². The zero-order chi connectivity index (χ0) is 14.3. The Bertz CT molecular complexity index is 383. The molecule has 1 unspecified atom stereocenters. The van der Waals surface area contributed by atoms with Gasteiger partial charge in [-0.1, -0.05) is 20.3 Å². The minimum absolute atomic E-state index is 0.0394. The van der Waals surface area contributed by atoms with E-state index in [4.69, 9.17) is 4.74 Å². The van der Waals surface area contributed by atoms with Crippen molar-refractivity contribution in [3.05, 3.63) is 0 Å². The number of ether oxygens (including phenoxy) is 1. The summed E-state index contributed by atoms with van der Waals surface area (Å²) in [5.74, 6) is 1.08. The minimum Gasteiger partial charge on any atom is -0.461 e. The third-order valence-electron chi connectivity index (χ3n) is 2.64. The fourth-order valence-electron chi connectivity index (χ4n) is 1.71. The Morgan fingerprint density at radius 2 is 1.79 bits per heavy atom. The van der Waals surface area contributed by atoms with Crippen LogP contribution in [0.5, 0.6) is 6.01 Å². The molecular formula is C13H25N5O. The minimum atomic E-state index is 0.0394. The van der Waals surface area contributed by atoms with Crippen LogP contribution in [0.15, 0.2) is 0 Å². The molecule has 0 saturated carbocycles. The van der Waals surface area contributed by atoms with Crippen LogP contribution in [0.1, 0.15) is 47.0 Å². The van der Waals surface area contributed by atoms with E-state index in [1.807, 2.05) is 13.8 Å². The van der Waals surface area contributed by atoms with Gasteiger partial charge in [-0.3, -0.25) is 0 Å². The molecule has 19 heavy (non-hydrogen) atoms. The third kappa shape index (κ3) is 5.28. The molecule has 1 aromatic heterocycles. The lowest BCUT2D eigenvalue weighted by molar-refractivity contribution is 0.222. The predicted octanol–water partition coefficient (Wildman–Crippen LogP) is 2.69. The highest BCUT2D eigenvalue weighted by Gasteiger charge is 2.11. The molecule has 1 rings (SSSR count). The summed E-state index contributed by atoms with van der Waals surface area (Å²) in [5.41, 5.74) is 0. The third-order valence-corrected chi connectivity index (χ3v) is 2.64. The Labute approximate surface area is 115 Å². The number of nitrogens with one attached hydrogen (secondary N) is 2. The lowest BCUT2D eigenvalue weighted by Gasteiger charge is -2.17. The molecule has 1 aromatic rings. The number of aromatic nitrogens is 3. The van der Waals surface area contributed by atoms with E-state index >= 15 is 0 Å². The van der Waals surface area contributed by atoms with Crippen molar-refractivity contribution in [1.82, 2.24) is 15.0 Å². The Morgan fingerprint density at radius 1 is 1.11 bits per heavy atom. The Hall–Kier alpha value is -1.59. The second-order valence-corrected chi connectivity index (χ2v) is 4.72. The van der Waals surface area contributed by atoms with Crippen LogP contribution in [0.3, 0.4) is 0 Å². The summed E-state index contributed by atoms with van der Waals surface area (Å²) in [7, 11) is 1.78. The SMILES string of the molecule is CCCC(CC)Nc1nc(NC)nc(OC(C)C)n1. The van der Waals surface area contributed by atoms with Crippen molar-refractivity contribution in [3.63, 3.8) is 0 Å². The largest absolute Gasteiger partial charge is 0.461 e. The van der Waals surface area contributed by atoms with Crippen LogP contribution in [0.2, 0.25) is 0 Å². The van der Waals surface area contributed by atoms with E-state index in [1.165, 1.54) is 0 Å². The van der Waals surface area contributed by atoms with E-state index in [9.17, 15) is 0 Å². The Kier molecular flexibility index (Phi) is 6.32. The highest BCUT2D eigenvalue weighted by atomic mass is 16.5. The van der Waals surface area contributed by atoms with Gasteiger partial charge in [-0.05, 0) is 26.7 Å². The number of rotatable bonds is 8. The van der Waals surface area contributed by atoms with Crippen molar-refractivity contribution in [3.8, 4) is 6.01 Å². The molecule has 108 valence electrons. The lowest BCUT2D eigenvalue weighted by Crippen LogP contribution is -2.21. The van der Waals surface area contributed by atoms with Gasteiger partial charge in [0.05, 0.1) is 6.10 Å². The normalized spacial score (nSPS) is 12.3. The maximum absolute atomic E-state index is 5.53. The van der Waals surface area contributed by atoms with Crippen molar-refractivity contribution in [2.45, 2.75) is 59.1 Å². The van der Waals surface area contributed by atoms with Gasteiger partial charge in [-0.2, -0.15) is 15.0 Å². The fraction of sp³-hybridized carbons (Fsp3) is 0.769. The topological polar surface area (TPSA) is 72.0 Å². The van der Waals surface area contributed by atoms with Crippen molar-refractivity contribution >= 4 is 11.9 Å². The van der Waals surface area contributed by atoms with Crippen molar-refractivity contribution < 1.29 is 4.74 Å². The maximum atomic E-state index is 5.53. The van der Waals surface area contributed by atoms with Gasteiger partial charge >= 0.3 is 6.01 Å². The predicted molar refractivity (Wildman–Crippen MR) is 77.7 cm³/mol. The summed E-state index contributed by atoms with van der Waals surface area (Å²) in [6.07, 6.45) is 3.30. The van der Waals surface area contributed by atoms with Gasteiger partial charge in [-0.15, -0.1) is 0 Å². The molecule has 0 amide bonds. The van der Waals surface area contributed by atoms with E-state index in [2.05, 4.69) is 39.4 Å². The van der Waals surface area contributed by atoms with Gasteiger partial charge in [0.2, 0.25) is 11.9 Å². The average Bonchev–Trinajstić information content (AvgIpc) is 2.37. The first-order chi connectivity index (χ1) is 9.08. The van der Waals surface area contributed by atoms with Crippen molar-refractivity contribution in [2.24, 2.45) is 0 Å². The number of hydrogen-bond donors (Lipinski definition) is 2. The van der Waals surface area contributed by atoms with Crippen LogP contribution >= 0.6 is 0 Å². The monoisotopic (exact) mass is 267 g/mol. The van der Waals surface area contributed by atoms with E-state index in [-0.39, 0.29) is 6.10 Å². The van der Waals surface area contributed by atoms with Crippen LogP contribution in [0, 0.1) is 0 Å². The quantitative estimate of drug-likeness (QED) is 0.754. The first-order valence-electron chi connectivity index (χ1n) is 6.96. The first-order valence-corrected chi connectivity index (χ1v) is 6.96. The lowest BCUT2D eigenvalue weighted by atomic mass is 10.1. The van der Waals surface area contributed by atoms with Crippen LogP contribution in [0.4, 0.5) is 11.9 Å². The van der Waals surface area contributed by atoms with Crippen molar-refractivity contribution in [2.75, 3.05) is 17.7 Å². The summed E-state index contributed by atoms with van der Waals surface area (Å²) in [5, 5.41) is 6.26. The molecule has 0 spiro atoms. The molecule has 0 aliphatic heterocycles. The molecule has 6 nitrogen and oxygen atoms in total. The van der Waals surface area contributed by atoms with E-state index in [0.717, 1.165) is 19.3 Å². The van der Waals surface area contributed by atoms with Crippen LogP contribution in [-0.2, 0) is 0 Å². The summed E-state index contributed by atoms with van der Waals surface area (Å²) in [4.78, 5) is 12.8. The first kappa shape index (κ1) is 15.5. The van der Waals surface area contributed by atoms with Gasteiger partial charge in [0, 0.05) is 13.1 Å². The van der Waals surface area contributed by atoms with Gasteiger partial charge in [0.15, 0.2) is 0 Å². The molecule has 0 saturated heterocycles. The number of nitrogens with zero attached hydrogens (tertiary/aromatic N) is 3. The molecular weight excluding hydrogens is 242 g/mol. The second-order valence-electron chi connectivity index (χ2n) is 4.72. The highest BCUT2D eigenvalue weighted by Crippen LogP contribution is 2.15. The van der Waals surface area contributed by atoms with E-state index in [1.54, 1.807) is 7.05 Å². The molecule has 0 aliphatic carbocycles. The van der Waals surface area contributed by atoms with Gasteiger partial charge in [0.25, 0.3) is 0 Å². The smallest absolute Gasteiger partial charge is 0.323 e. The molecule has 1 heterocycles. The van der Waals surface area contributed by atoms with Crippen LogP contribution < -0.4 is 15.4 Å². The summed E-state index contributed by atoms with van der Waals surface area (Å²) in [6, 6.07) is 0.729. The summed E-state index contributed by atoms with van der Waals surface area (Å²) >= 11 is 0. The second kappa shape index (κ2) is 7.76. The summed E-state index contributed by atoms with van der Waals surface area (Å²) < 4.78 is 5.53. The molecule has 0 radical (unpaired) electrons. The highest BCUT2D eigenvalue weighted by molar-refractivity contribution is 5.36. The molecule has 0 aliphatic rings. The Morgan fingerprint density at radius 3 is 2.32 bits per heavy atom. The summed E-state index contributed by atoms with van der Waals surface area (Å²) in [6.45, 7) is 8.22. The Balaban J connectivity index is 2.86. The molecule has 0 bridgehead atoms. The number of hydrogen-bond acceptors (Lipinski definition) is 6. The van der Waals surface area contributed by atoms with Crippen LogP contribution in [-0.4, -0.2) is 34.1 Å². The molecule has 6 heteroatoms.